The molecule has 17 heavy (non-hydrogen) atoms. The zero-order chi connectivity index (χ0) is 12.9. The molecule has 1 heterocycles. The Labute approximate surface area is 104 Å². The van der Waals surface area contributed by atoms with Gasteiger partial charge in [0.05, 0.1) is 5.41 Å². The minimum Gasteiger partial charge on any atom is -0.481 e. The second-order valence-electron chi connectivity index (χ2n) is 4.36. The molecule has 1 aromatic rings. The molecule has 0 aromatic carbocycles. The van der Waals surface area contributed by atoms with Crippen molar-refractivity contribution < 1.29 is 14.7 Å². The third kappa shape index (κ3) is 4.44. The van der Waals surface area contributed by atoms with Crippen molar-refractivity contribution >= 4 is 23.3 Å². The molecule has 0 bridgehead atoms. The number of nitrogens with one attached hydrogen (secondary N) is 2. The number of thiophene rings is 1. The third-order valence-electron chi connectivity index (χ3n) is 2.30. The monoisotopic (exact) mass is 256 g/mol. The van der Waals surface area contributed by atoms with Gasteiger partial charge < -0.3 is 15.7 Å². The van der Waals surface area contributed by atoms with Crippen molar-refractivity contribution in [3.8, 4) is 0 Å². The highest BCUT2D eigenvalue weighted by Gasteiger charge is 2.27. The molecule has 1 rings (SSSR count). The van der Waals surface area contributed by atoms with Crippen LogP contribution < -0.4 is 10.6 Å². The van der Waals surface area contributed by atoms with E-state index in [0.29, 0.717) is 6.54 Å². The van der Waals surface area contributed by atoms with Crippen molar-refractivity contribution in [3.63, 3.8) is 0 Å². The maximum absolute atomic E-state index is 11.4. The molecule has 0 aliphatic heterocycles. The van der Waals surface area contributed by atoms with Gasteiger partial charge in [-0.3, -0.25) is 4.79 Å². The van der Waals surface area contributed by atoms with Crippen LogP contribution in [0.1, 0.15) is 19.4 Å². The summed E-state index contributed by atoms with van der Waals surface area (Å²) in [6, 6.07) is 1.57. The highest BCUT2D eigenvalue weighted by atomic mass is 32.1. The number of carboxylic acids is 1. The van der Waals surface area contributed by atoms with Crippen LogP contribution in [0.25, 0.3) is 0 Å². The van der Waals surface area contributed by atoms with E-state index in [1.807, 2.05) is 16.8 Å². The van der Waals surface area contributed by atoms with Gasteiger partial charge in [0.25, 0.3) is 0 Å². The summed E-state index contributed by atoms with van der Waals surface area (Å²) in [5.41, 5.74) is 0.0716. The predicted molar refractivity (Wildman–Crippen MR) is 66.0 cm³/mol. The molecule has 0 fully saturated rings. The van der Waals surface area contributed by atoms with Gasteiger partial charge in [-0.15, -0.1) is 0 Å². The average Bonchev–Trinajstić information content (AvgIpc) is 2.76. The first-order valence-electron chi connectivity index (χ1n) is 5.18. The van der Waals surface area contributed by atoms with Crippen molar-refractivity contribution in [3.05, 3.63) is 22.4 Å². The van der Waals surface area contributed by atoms with Crippen LogP contribution in [0, 0.1) is 5.41 Å². The summed E-state index contributed by atoms with van der Waals surface area (Å²) in [6.07, 6.45) is 0. The molecular formula is C11H16N2O3S. The molecule has 0 saturated heterocycles. The first kappa shape index (κ1) is 13.5. The molecule has 0 aliphatic rings. The average molecular weight is 256 g/mol. The summed E-state index contributed by atoms with van der Waals surface area (Å²) in [4.78, 5) is 22.2. The zero-order valence-corrected chi connectivity index (χ0v) is 10.6. The van der Waals surface area contributed by atoms with Crippen LogP contribution in [-0.4, -0.2) is 23.7 Å². The van der Waals surface area contributed by atoms with Crippen LogP contribution >= 0.6 is 11.3 Å². The Morgan fingerprint density at radius 1 is 1.41 bits per heavy atom. The van der Waals surface area contributed by atoms with E-state index in [1.165, 1.54) is 0 Å². The fourth-order valence-corrected chi connectivity index (χ4v) is 1.68. The van der Waals surface area contributed by atoms with Crippen molar-refractivity contribution in [2.24, 2.45) is 5.41 Å². The van der Waals surface area contributed by atoms with Crippen LogP contribution in [0.4, 0.5) is 4.79 Å². The van der Waals surface area contributed by atoms with Crippen LogP contribution in [0.5, 0.6) is 0 Å². The van der Waals surface area contributed by atoms with Crippen LogP contribution in [-0.2, 0) is 11.3 Å². The lowest BCUT2D eigenvalue weighted by Crippen LogP contribution is -2.43. The normalized spacial score (nSPS) is 10.9. The number of hydrogen-bond donors (Lipinski definition) is 3. The quantitative estimate of drug-likeness (QED) is 0.749. The van der Waals surface area contributed by atoms with E-state index < -0.39 is 11.4 Å². The fraction of sp³-hybridized carbons (Fsp3) is 0.455. The van der Waals surface area contributed by atoms with E-state index in [0.717, 1.165) is 5.56 Å². The number of rotatable bonds is 5. The SMILES string of the molecule is CC(C)(CNC(=O)NCc1ccsc1)C(=O)O. The number of urea groups is 1. The van der Waals surface area contributed by atoms with Crippen LogP contribution in [0.15, 0.2) is 16.8 Å². The lowest BCUT2D eigenvalue weighted by Gasteiger charge is -2.19. The molecule has 3 N–H and O–H groups in total. The van der Waals surface area contributed by atoms with Gasteiger partial charge >= 0.3 is 12.0 Å². The van der Waals surface area contributed by atoms with Gasteiger partial charge in [0.1, 0.15) is 0 Å². The Kier molecular flexibility index (Phi) is 4.51. The van der Waals surface area contributed by atoms with Gasteiger partial charge in [-0.25, -0.2) is 4.79 Å². The number of carboxylic acid groups (broad SMARTS) is 1. The lowest BCUT2D eigenvalue weighted by molar-refractivity contribution is -0.146. The Bertz CT molecular complexity index is 387. The van der Waals surface area contributed by atoms with E-state index in [4.69, 9.17) is 5.11 Å². The Morgan fingerprint density at radius 2 is 2.12 bits per heavy atom. The molecule has 6 heteroatoms. The predicted octanol–water partition coefficient (Wildman–Crippen LogP) is 1.66. The maximum Gasteiger partial charge on any atom is 0.315 e. The van der Waals surface area contributed by atoms with Gasteiger partial charge in [0.15, 0.2) is 0 Å². The van der Waals surface area contributed by atoms with E-state index in [1.54, 1.807) is 25.2 Å². The van der Waals surface area contributed by atoms with Gasteiger partial charge in [0, 0.05) is 13.1 Å². The zero-order valence-electron chi connectivity index (χ0n) is 9.82. The van der Waals surface area contributed by atoms with Gasteiger partial charge in [-0.1, -0.05) is 0 Å². The van der Waals surface area contributed by atoms with E-state index in [2.05, 4.69) is 10.6 Å². The van der Waals surface area contributed by atoms with Crippen molar-refractivity contribution in [1.29, 1.82) is 0 Å². The summed E-state index contributed by atoms with van der Waals surface area (Å²) in [7, 11) is 0. The number of carbonyl (C=O) groups excluding carboxylic acids is 1. The van der Waals surface area contributed by atoms with Crippen molar-refractivity contribution in [1.82, 2.24) is 10.6 Å². The molecule has 2 amide bonds. The standard InChI is InChI=1S/C11H16N2O3S/c1-11(2,9(14)15)7-13-10(16)12-5-8-3-4-17-6-8/h3-4,6H,5,7H2,1-2H3,(H,14,15)(H2,12,13,16). The highest BCUT2D eigenvalue weighted by Crippen LogP contribution is 2.12. The van der Waals surface area contributed by atoms with Gasteiger partial charge in [-0.2, -0.15) is 11.3 Å². The third-order valence-corrected chi connectivity index (χ3v) is 3.04. The Morgan fingerprint density at radius 3 is 2.65 bits per heavy atom. The molecule has 5 nitrogen and oxygen atoms in total. The second kappa shape index (κ2) is 5.67. The molecule has 0 spiro atoms. The molecule has 0 aliphatic carbocycles. The Hall–Kier alpha value is -1.56. The summed E-state index contributed by atoms with van der Waals surface area (Å²) < 4.78 is 0. The molecule has 0 unspecified atom stereocenters. The number of amides is 2. The summed E-state index contributed by atoms with van der Waals surface area (Å²) in [5.74, 6) is -0.935. The van der Waals surface area contributed by atoms with Gasteiger partial charge in [-0.05, 0) is 36.2 Å². The minimum atomic E-state index is -0.959. The molecular weight excluding hydrogens is 240 g/mol. The summed E-state index contributed by atoms with van der Waals surface area (Å²) >= 11 is 1.56. The fourth-order valence-electron chi connectivity index (χ4n) is 1.01. The largest absolute Gasteiger partial charge is 0.481 e. The molecule has 94 valence electrons. The first-order chi connectivity index (χ1) is 7.92. The number of hydrogen-bond acceptors (Lipinski definition) is 3. The second-order valence-corrected chi connectivity index (χ2v) is 5.14. The van der Waals surface area contributed by atoms with E-state index in [-0.39, 0.29) is 12.6 Å². The molecule has 1 aromatic heterocycles. The Balaban J connectivity index is 2.28. The maximum atomic E-state index is 11.4. The summed E-state index contributed by atoms with van der Waals surface area (Å²) in [6.45, 7) is 3.67. The molecule has 0 saturated carbocycles. The smallest absolute Gasteiger partial charge is 0.315 e. The molecule has 0 atom stereocenters. The van der Waals surface area contributed by atoms with Crippen LogP contribution in [0.2, 0.25) is 0 Å². The van der Waals surface area contributed by atoms with Gasteiger partial charge in [0.2, 0.25) is 0 Å². The van der Waals surface area contributed by atoms with E-state index in [9.17, 15) is 9.59 Å². The van der Waals surface area contributed by atoms with Crippen molar-refractivity contribution in [2.75, 3.05) is 6.54 Å². The summed E-state index contributed by atoms with van der Waals surface area (Å²) in [5, 5.41) is 17.9. The number of aliphatic carboxylic acids is 1. The highest BCUT2D eigenvalue weighted by molar-refractivity contribution is 7.07. The van der Waals surface area contributed by atoms with Crippen LogP contribution in [0.3, 0.4) is 0 Å². The first-order valence-corrected chi connectivity index (χ1v) is 6.12. The lowest BCUT2D eigenvalue weighted by atomic mass is 9.94. The minimum absolute atomic E-state index is 0.0950. The van der Waals surface area contributed by atoms with Crippen molar-refractivity contribution in [2.45, 2.75) is 20.4 Å². The number of carbonyl (C=O) groups is 2. The van der Waals surface area contributed by atoms with E-state index >= 15 is 0 Å². The topological polar surface area (TPSA) is 78.4 Å². The molecule has 0 radical (unpaired) electrons.